The summed E-state index contributed by atoms with van der Waals surface area (Å²) in [5.41, 5.74) is 0.724. The van der Waals surface area contributed by atoms with E-state index < -0.39 is 27.9 Å². The van der Waals surface area contributed by atoms with Crippen LogP contribution in [0.4, 0.5) is 20.6 Å². The third-order valence-electron chi connectivity index (χ3n) is 5.91. The minimum Gasteiger partial charge on any atom is -0.442 e. The van der Waals surface area contributed by atoms with E-state index in [9.17, 15) is 22.4 Å². The average Bonchev–Trinajstić information content (AvgIpc) is 3.00. The van der Waals surface area contributed by atoms with Gasteiger partial charge in [-0.25, -0.2) is 17.6 Å². The second-order valence-corrected chi connectivity index (χ2v) is 10.3. The van der Waals surface area contributed by atoms with Gasteiger partial charge in [-0.2, -0.15) is 0 Å². The number of ether oxygens (including phenoxy) is 1. The van der Waals surface area contributed by atoms with Crippen LogP contribution in [0.25, 0.3) is 0 Å². The Morgan fingerprint density at radius 2 is 2.00 bits per heavy atom. The zero-order chi connectivity index (χ0) is 20.8. The van der Waals surface area contributed by atoms with Crippen LogP contribution in [0.2, 0.25) is 0 Å². The van der Waals surface area contributed by atoms with E-state index in [1.807, 2.05) is 4.90 Å². The fourth-order valence-corrected chi connectivity index (χ4v) is 6.78. The van der Waals surface area contributed by atoms with Crippen LogP contribution in [0.1, 0.15) is 19.8 Å². The lowest BCUT2D eigenvalue weighted by Gasteiger charge is -2.47. The molecule has 1 aromatic rings. The maximum absolute atomic E-state index is 14.8. The summed E-state index contributed by atoms with van der Waals surface area (Å²) < 4.78 is 43.1. The van der Waals surface area contributed by atoms with E-state index in [2.05, 4.69) is 5.32 Å². The summed E-state index contributed by atoms with van der Waals surface area (Å²) in [4.78, 5) is 26.4. The molecule has 1 atom stereocenters. The van der Waals surface area contributed by atoms with Gasteiger partial charge in [0.2, 0.25) is 5.91 Å². The molecule has 3 heterocycles. The number of rotatable bonds is 4. The van der Waals surface area contributed by atoms with Gasteiger partial charge in [0, 0.05) is 25.4 Å². The Kier molecular flexibility index (Phi) is 4.92. The van der Waals surface area contributed by atoms with Gasteiger partial charge in [0.05, 0.1) is 36.0 Å². The molecule has 10 heteroatoms. The SMILES string of the molecule is CC(=O)NCC1CN(c2ccc(N3CCC4(CC3)CS(=O)(=O)C4)c(F)c2)C(=O)O1. The number of nitrogens with zero attached hydrogens (tertiary/aromatic N) is 2. The number of cyclic esters (lactones) is 1. The summed E-state index contributed by atoms with van der Waals surface area (Å²) in [6.07, 6.45) is 0.415. The molecular formula is C19H24FN3O5S. The second kappa shape index (κ2) is 7.16. The number of carbonyl (C=O) groups is 2. The minimum absolute atomic E-state index is 0.131. The molecule has 1 spiro atoms. The van der Waals surface area contributed by atoms with Gasteiger partial charge in [0.25, 0.3) is 0 Å². The largest absolute Gasteiger partial charge is 0.442 e. The molecule has 2 amide bonds. The maximum Gasteiger partial charge on any atom is 0.414 e. The van der Waals surface area contributed by atoms with E-state index in [1.54, 1.807) is 12.1 Å². The number of hydrogen-bond donors (Lipinski definition) is 1. The van der Waals surface area contributed by atoms with Crippen molar-refractivity contribution in [1.29, 1.82) is 0 Å². The summed E-state index contributed by atoms with van der Waals surface area (Å²) in [6, 6.07) is 4.64. The van der Waals surface area contributed by atoms with Crippen molar-refractivity contribution in [3.05, 3.63) is 24.0 Å². The first-order chi connectivity index (χ1) is 13.7. The Hall–Kier alpha value is -2.36. The molecule has 158 valence electrons. The van der Waals surface area contributed by atoms with Crippen molar-refractivity contribution in [2.24, 2.45) is 5.41 Å². The Morgan fingerprint density at radius 3 is 2.59 bits per heavy atom. The number of halogens is 1. The van der Waals surface area contributed by atoms with Crippen LogP contribution in [-0.2, 0) is 19.4 Å². The van der Waals surface area contributed by atoms with E-state index in [-0.39, 0.29) is 35.9 Å². The van der Waals surface area contributed by atoms with Gasteiger partial charge in [-0.05, 0) is 31.0 Å². The third kappa shape index (κ3) is 4.03. The van der Waals surface area contributed by atoms with Gasteiger partial charge in [0.15, 0.2) is 9.84 Å². The molecule has 3 aliphatic heterocycles. The molecule has 4 rings (SSSR count). The first-order valence-electron chi connectivity index (χ1n) is 9.64. The fraction of sp³-hybridized carbons (Fsp3) is 0.579. The highest BCUT2D eigenvalue weighted by Crippen LogP contribution is 2.43. The van der Waals surface area contributed by atoms with E-state index in [1.165, 1.54) is 17.9 Å². The molecule has 0 saturated carbocycles. The molecule has 0 aliphatic carbocycles. The van der Waals surface area contributed by atoms with Crippen LogP contribution in [0.15, 0.2) is 18.2 Å². The Bertz CT molecular complexity index is 929. The summed E-state index contributed by atoms with van der Waals surface area (Å²) in [5.74, 6) is -0.159. The van der Waals surface area contributed by atoms with E-state index in [0.29, 0.717) is 24.5 Å². The third-order valence-corrected chi connectivity index (χ3v) is 8.02. The van der Waals surface area contributed by atoms with Crippen LogP contribution in [0, 0.1) is 11.2 Å². The van der Waals surface area contributed by atoms with Crippen molar-refractivity contribution in [3.8, 4) is 0 Å². The lowest BCUT2D eigenvalue weighted by Crippen LogP contribution is -2.54. The molecule has 3 fully saturated rings. The number of amides is 2. The highest BCUT2D eigenvalue weighted by atomic mass is 32.2. The van der Waals surface area contributed by atoms with E-state index >= 15 is 0 Å². The number of piperidine rings is 1. The van der Waals surface area contributed by atoms with Crippen LogP contribution in [0.5, 0.6) is 0 Å². The molecule has 8 nitrogen and oxygen atoms in total. The first kappa shape index (κ1) is 19.9. The maximum atomic E-state index is 14.8. The van der Waals surface area contributed by atoms with Gasteiger partial charge in [-0.15, -0.1) is 0 Å². The van der Waals surface area contributed by atoms with Crippen LogP contribution >= 0.6 is 0 Å². The minimum atomic E-state index is -2.88. The fourth-order valence-electron chi connectivity index (χ4n) is 4.42. The van der Waals surface area contributed by atoms with Gasteiger partial charge in [-0.1, -0.05) is 0 Å². The Balaban J connectivity index is 1.40. The van der Waals surface area contributed by atoms with Gasteiger partial charge >= 0.3 is 6.09 Å². The number of nitrogens with one attached hydrogen (secondary N) is 1. The standard InChI is InChI=1S/C19H24FN3O5S/c1-13(24)21-9-15-10-23(18(25)28-15)14-2-3-17(16(20)8-14)22-6-4-19(5-7-22)11-29(26,27)12-19/h2-3,8,15H,4-7,9-12H2,1H3,(H,21,24). The van der Waals surface area contributed by atoms with Gasteiger partial charge < -0.3 is 15.0 Å². The molecule has 1 unspecified atom stereocenters. The summed E-state index contributed by atoms with van der Waals surface area (Å²) in [5, 5.41) is 2.60. The van der Waals surface area contributed by atoms with Crippen molar-refractivity contribution in [2.75, 3.05) is 47.5 Å². The molecule has 3 aliphatic rings. The highest BCUT2D eigenvalue weighted by Gasteiger charge is 2.49. The molecule has 29 heavy (non-hydrogen) atoms. The average molecular weight is 425 g/mol. The molecule has 0 aromatic heterocycles. The summed E-state index contributed by atoms with van der Waals surface area (Å²) >= 11 is 0. The van der Waals surface area contributed by atoms with Crippen molar-refractivity contribution in [2.45, 2.75) is 25.9 Å². The lowest BCUT2D eigenvalue weighted by atomic mass is 9.81. The monoisotopic (exact) mass is 425 g/mol. The summed E-state index contributed by atoms with van der Waals surface area (Å²) in [7, 11) is -2.88. The van der Waals surface area contributed by atoms with Crippen molar-refractivity contribution in [3.63, 3.8) is 0 Å². The number of hydrogen-bond acceptors (Lipinski definition) is 6. The zero-order valence-electron chi connectivity index (χ0n) is 16.2. The topological polar surface area (TPSA) is 96.0 Å². The highest BCUT2D eigenvalue weighted by molar-refractivity contribution is 7.92. The lowest BCUT2D eigenvalue weighted by molar-refractivity contribution is -0.119. The van der Waals surface area contributed by atoms with Crippen LogP contribution < -0.4 is 15.1 Å². The van der Waals surface area contributed by atoms with Gasteiger partial charge in [0.1, 0.15) is 11.9 Å². The van der Waals surface area contributed by atoms with Crippen molar-refractivity contribution in [1.82, 2.24) is 5.32 Å². The Morgan fingerprint density at radius 1 is 1.31 bits per heavy atom. The number of anilines is 2. The van der Waals surface area contributed by atoms with Gasteiger partial charge in [-0.3, -0.25) is 9.69 Å². The Labute approximate surface area is 168 Å². The van der Waals surface area contributed by atoms with Crippen molar-refractivity contribution < 1.29 is 27.1 Å². The predicted molar refractivity (Wildman–Crippen MR) is 105 cm³/mol. The number of carbonyl (C=O) groups excluding carboxylic acids is 2. The predicted octanol–water partition coefficient (Wildman–Crippen LogP) is 1.30. The molecule has 1 N–H and O–H groups in total. The normalized spacial score (nSPS) is 24.9. The molecule has 0 radical (unpaired) electrons. The molecule has 3 saturated heterocycles. The van der Waals surface area contributed by atoms with Crippen molar-refractivity contribution >= 4 is 33.2 Å². The van der Waals surface area contributed by atoms with Crippen LogP contribution in [-0.4, -0.2) is 64.2 Å². The zero-order valence-corrected chi connectivity index (χ0v) is 17.0. The quantitative estimate of drug-likeness (QED) is 0.781. The first-order valence-corrected chi connectivity index (χ1v) is 11.5. The van der Waals surface area contributed by atoms with E-state index in [4.69, 9.17) is 4.74 Å². The second-order valence-electron chi connectivity index (χ2n) is 8.21. The molecule has 1 aromatic carbocycles. The van der Waals surface area contributed by atoms with Crippen LogP contribution in [0.3, 0.4) is 0 Å². The molecular weight excluding hydrogens is 401 g/mol. The van der Waals surface area contributed by atoms with E-state index in [0.717, 1.165) is 12.8 Å². The summed E-state index contributed by atoms with van der Waals surface area (Å²) in [6.45, 7) is 3.05. The number of benzene rings is 1. The number of sulfone groups is 1. The molecule has 0 bridgehead atoms. The smallest absolute Gasteiger partial charge is 0.414 e.